The molecule has 0 radical (unpaired) electrons. The molecule has 1 unspecified atom stereocenters. The smallest absolute Gasteiger partial charge is 0.0165 e. The molecule has 1 aromatic heterocycles. The molecule has 1 aromatic carbocycles. The molecule has 0 aliphatic rings. The van der Waals surface area contributed by atoms with E-state index in [1.807, 2.05) is 23.1 Å². The highest BCUT2D eigenvalue weighted by molar-refractivity contribution is 7.99. The van der Waals surface area contributed by atoms with Gasteiger partial charge in [-0.05, 0) is 43.0 Å². The molecule has 0 saturated heterocycles. The lowest BCUT2D eigenvalue weighted by Gasteiger charge is -2.17. The fraction of sp³-hybridized carbons (Fsp3) is 0.375. The van der Waals surface area contributed by atoms with Crippen molar-refractivity contribution in [2.45, 2.75) is 30.7 Å². The minimum atomic E-state index is 0.595. The van der Waals surface area contributed by atoms with Crippen LogP contribution in [0.15, 0.2) is 52.7 Å². The van der Waals surface area contributed by atoms with Gasteiger partial charge in [0.25, 0.3) is 0 Å². The maximum absolute atomic E-state index is 3.60. The molecule has 0 aliphatic heterocycles. The molecular formula is C16H21NS2. The third kappa shape index (κ3) is 5.39. The van der Waals surface area contributed by atoms with E-state index in [4.69, 9.17) is 0 Å². The molecule has 1 atom stereocenters. The number of rotatable bonds is 8. The van der Waals surface area contributed by atoms with Gasteiger partial charge in [0.1, 0.15) is 0 Å². The zero-order valence-electron chi connectivity index (χ0n) is 11.3. The zero-order valence-corrected chi connectivity index (χ0v) is 13.0. The van der Waals surface area contributed by atoms with Gasteiger partial charge in [0.2, 0.25) is 0 Å². The number of aryl methyl sites for hydroxylation is 1. The maximum Gasteiger partial charge on any atom is 0.0165 e. The predicted molar refractivity (Wildman–Crippen MR) is 87.3 cm³/mol. The fourth-order valence-electron chi connectivity index (χ4n) is 2.02. The van der Waals surface area contributed by atoms with Crippen molar-refractivity contribution in [3.05, 3.63) is 52.7 Å². The summed E-state index contributed by atoms with van der Waals surface area (Å²) in [5.74, 6) is 1.14. The average Bonchev–Trinajstić information content (AvgIpc) is 2.96. The second kappa shape index (κ2) is 8.41. The largest absolute Gasteiger partial charge is 0.313 e. The van der Waals surface area contributed by atoms with Gasteiger partial charge < -0.3 is 5.32 Å². The molecular weight excluding hydrogens is 270 g/mol. The van der Waals surface area contributed by atoms with E-state index in [2.05, 4.69) is 60.1 Å². The van der Waals surface area contributed by atoms with Crippen LogP contribution in [-0.2, 0) is 6.42 Å². The molecule has 0 amide bonds. The molecule has 1 N–H and O–H groups in total. The Bertz CT molecular complexity index is 439. The summed E-state index contributed by atoms with van der Waals surface area (Å²) < 4.78 is 0. The Hall–Kier alpha value is -0.770. The van der Waals surface area contributed by atoms with E-state index in [1.165, 1.54) is 22.6 Å². The number of hydrogen-bond donors (Lipinski definition) is 1. The number of nitrogens with one attached hydrogen (secondary N) is 1. The Kier molecular flexibility index (Phi) is 6.48. The molecule has 0 saturated carbocycles. The van der Waals surface area contributed by atoms with Crippen molar-refractivity contribution in [2.75, 3.05) is 12.3 Å². The SMILES string of the molecule is CCNC(CCc1cccs1)CSc1ccccc1. The van der Waals surface area contributed by atoms with Crippen LogP contribution in [0.25, 0.3) is 0 Å². The van der Waals surface area contributed by atoms with Crippen LogP contribution in [0, 0.1) is 0 Å². The van der Waals surface area contributed by atoms with E-state index in [0.29, 0.717) is 6.04 Å². The summed E-state index contributed by atoms with van der Waals surface area (Å²) >= 11 is 3.81. The Balaban J connectivity index is 1.78. The molecule has 0 bridgehead atoms. The lowest BCUT2D eigenvalue weighted by molar-refractivity contribution is 0.539. The van der Waals surface area contributed by atoms with Crippen LogP contribution in [0.1, 0.15) is 18.2 Å². The van der Waals surface area contributed by atoms with Gasteiger partial charge in [0.05, 0.1) is 0 Å². The third-order valence-corrected chi connectivity index (χ3v) is 5.12. The molecule has 3 heteroatoms. The van der Waals surface area contributed by atoms with E-state index in [9.17, 15) is 0 Å². The van der Waals surface area contributed by atoms with E-state index in [0.717, 1.165) is 12.3 Å². The summed E-state index contributed by atoms with van der Waals surface area (Å²) in [5.41, 5.74) is 0. The average molecular weight is 291 g/mol. The fourth-order valence-corrected chi connectivity index (χ4v) is 3.77. The van der Waals surface area contributed by atoms with E-state index >= 15 is 0 Å². The minimum absolute atomic E-state index is 0.595. The van der Waals surface area contributed by atoms with Gasteiger partial charge in [-0.2, -0.15) is 0 Å². The van der Waals surface area contributed by atoms with Gasteiger partial charge in [0.15, 0.2) is 0 Å². The summed E-state index contributed by atoms with van der Waals surface area (Å²) in [6.45, 7) is 3.23. The van der Waals surface area contributed by atoms with Gasteiger partial charge >= 0.3 is 0 Å². The molecule has 102 valence electrons. The first-order chi connectivity index (χ1) is 9.38. The van der Waals surface area contributed by atoms with Crippen LogP contribution in [0.5, 0.6) is 0 Å². The Labute approximate surface area is 124 Å². The molecule has 2 rings (SSSR count). The normalized spacial score (nSPS) is 12.5. The van der Waals surface area contributed by atoms with Crippen LogP contribution in [0.2, 0.25) is 0 Å². The van der Waals surface area contributed by atoms with E-state index < -0.39 is 0 Å². The Morgan fingerprint density at radius 3 is 2.68 bits per heavy atom. The first kappa shape index (κ1) is 14.6. The second-order valence-electron chi connectivity index (χ2n) is 4.50. The van der Waals surface area contributed by atoms with Gasteiger partial charge in [-0.25, -0.2) is 0 Å². The molecule has 1 heterocycles. The van der Waals surface area contributed by atoms with Crippen molar-refractivity contribution in [3.8, 4) is 0 Å². The zero-order chi connectivity index (χ0) is 13.3. The summed E-state index contributed by atoms with van der Waals surface area (Å²) in [4.78, 5) is 2.86. The van der Waals surface area contributed by atoms with Gasteiger partial charge in [-0.1, -0.05) is 31.2 Å². The van der Waals surface area contributed by atoms with Crippen LogP contribution in [0.4, 0.5) is 0 Å². The summed E-state index contributed by atoms with van der Waals surface area (Å²) in [6.07, 6.45) is 2.40. The molecule has 19 heavy (non-hydrogen) atoms. The van der Waals surface area contributed by atoms with Crippen molar-refractivity contribution < 1.29 is 0 Å². The summed E-state index contributed by atoms with van der Waals surface area (Å²) in [6, 6.07) is 15.6. The highest BCUT2D eigenvalue weighted by atomic mass is 32.2. The number of hydrogen-bond acceptors (Lipinski definition) is 3. The van der Waals surface area contributed by atoms with Crippen molar-refractivity contribution in [1.82, 2.24) is 5.32 Å². The lowest BCUT2D eigenvalue weighted by atomic mass is 10.1. The standard InChI is InChI=1S/C16H21NS2/c1-2-17-14(10-11-16-9-6-12-18-16)13-19-15-7-4-3-5-8-15/h3-9,12,14,17H,2,10-11,13H2,1H3. The summed E-state index contributed by atoms with van der Waals surface area (Å²) in [7, 11) is 0. The van der Waals surface area contributed by atoms with E-state index in [-0.39, 0.29) is 0 Å². The highest BCUT2D eigenvalue weighted by Crippen LogP contribution is 2.20. The Morgan fingerprint density at radius 2 is 2.00 bits per heavy atom. The molecule has 0 fully saturated rings. The molecule has 2 aromatic rings. The monoisotopic (exact) mass is 291 g/mol. The molecule has 0 aliphatic carbocycles. The third-order valence-electron chi connectivity index (χ3n) is 3.01. The predicted octanol–water partition coefficient (Wildman–Crippen LogP) is 4.45. The highest BCUT2D eigenvalue weighted by Gasteiger charge is 2.08. The first-order valence-electron chi connectivity index (χ1n) is 6.82. The van der Waals surface area contributed by atoms with Crippen LogP contribution in [0.3, 0.4) is 0 Å². The van der Waals surface area contributed by atoms with Crippen molar-refractivity contribution >= 4 is 23.1 Å². The minimum Gasteiger partial charge on any atom is -0.313 e. The quantitative estimate of drug-likeness (QED) is 0.721. The van der Waals surface area contributed by atoms with Crippen LogP contribution >= 0.6 is 23.1 Å². The van der Waals surface area contributed by atoms with Gasteiger partial charge in [-0.3, -0.25) is 0 Å². The van der Waals surface area contributed by atoms with Crippen molar-refractivity contribution in [2.24, 2.45) is 0 Å². The topological polar surface area (TPSA) is 12.0 Å². The molecule has 0 spiro atoms. The number of thioether (sulfide) groups is 1. The Morgan fingerprint density at radius 1 is 1.16 bits per heavy atom. The lowest BCUT2D eigenvalue weighted by Crippen LogP contribution is -2.31. The summed E-state index contributed by atoms with van der Waals surface area (Å²) in [5, 5.41) is 5.76. The van der Waals surface area contributed by atoms with Crippen LogP contribution in [-0.4, -0.2) is 18.3 Å². The van der Waals surface area contributed by atoms with Crippen LogP contribution < -0.4 is 5.32 Å². The first-order valence-corrected chi connectivity index (χ1v) is 8.68. The van der Waals surface area contributed by atoms with Crippen molar-refractivity contribution in [3.63, 3.8) is 0 Å². The van der Waals surface area contributed by atoms with Gasteiger partial charge in [0, 0.05) is 21.6 Å². The van der Waals surface area contributed by atoms with Crippen molar-refractivity contribution in [1.29, 1.82) is 0 Å². The second-order valence-corrected chi connectivity index (χ2v) is 6.62. The number of thiophene rings is 1. The number of benzene rings is 1. The van der Waals surface area contributed by atoms with Gasteiger partial charge in [-0.15, -0.1) is 23.1 Å². The molecule has 1 nitrogen and oxygen atoms in total. The van der Waals surface area contributed by atoms with E-state index in [1.54, 1.807) is 0 Å². The maximum atomic E-state index is 3.60.